The number of ether oxygens (including phenoxy) is 2. The lowest BCUT2D eigenvalue weighted by molar-refractivity contribution is -0.0671. The third-order valence-corrected chi connectivity index (χ3v) is 5.05. The fourth-order valence-corrected chi connectivity index (χ4v) is 2.80. The van der Waals surface area contributed by atoms with Crippen molar-refractivity contribution in [1.29, 1.82) is 0 Å². The van der Waals surface area contributed by atoms with Crippen molar-refractivity contribution in [3.63, 3.8) is 0 Å². The Labute approximate surface area is 151 Å². The van der Waals surface area contributed by atoms with Gasteiger partial charge in [0.2, 0.25) is 0 Å². The molecule has 0 aliphatic rings. The minimum absolute atomic E-state index is 0.180. The van der Waals surface area contributed by atoms with Gasteiger partial charge in [0.05, 0.1) is 24.4 Å². The zero-order valence-electron chi connectivity index (χ0n) is 18.1. The third kappa shape index (κ3) is 11.4. The Balaban J connectivity index is 4.13. The summed E-state index contributed by atoms with van der Waals surface area (Å²) in [5, 5.41) is 9.75. The zero-order valence-corrected chi connectivity index (χ0v) is 18.1. The van der Waals surface area contributed by atoms with Crippen LogP contribution in [0.4, 0.5) is 0 Å². The van der Waals surface area contributed by atoms with E-state index < -0.39 is 5.60 Å². The molecule has 0 aromatic heterocycles. The van der Waals surface area contributed by atoms with Crippen LogP contribution in [0.3, 0.4) is 0 Å². The molecule has 0 saturated heterocycles. The predicted octanol–water partition coefficient (Wildman–Crippen LogP) is 5.45. The molecule has 3 nitrogen and oxygen atoms in total. The van der Waals surface area contributed by atoms with Crippen LogP contribution in [0.2, 0.25) is 0 Å². The average molecular weight is 345 g/mol. The van der Waals surface area contributed by atoms with E-state index in [4.69, 9.17) is 9.47 Å². The lowest BCUT2D eigenvalue weighted by Gasteiger charge is -2.38. The standard InChI is InChI=1S/C21H44O3/c1-17(2)19(5,6)15-18(3,4)16-23-13-12-21(9,10)24-14-11-20(7,8)22/h17,22H,11-16H2,1-10H3. The molecule has 0 radical (unpaired) electrons. The first-order chi connectivity index (χ1) is 10.6. The van der Waals surface area contributed by atoms with Crippen molar-refractivity contribution in [2.75, 3.05) is 19.8 Å². The Hall–Kier alpha value is -0.120. The van der Waals surface area contributed by atoms with Gasteiger partial charge in [-0.2, -0.15) is 0 Å². The fraction of sp³-hybridized carbons (Fsp3) is 1.00. The number of rotatable bonds is 12. The molecule has 0 unspecified atom stereocenters. The maximum absolute atomic E-state index is 9.75. The van der Waals surface area contributed by atoms with Crippen LogP contribution in [-0.2, 0) is 9.47 Å². The molecule has 0 aliphatic heterocycles. The molecule has 0 rings (SSSR count). The van der Waals surface area contributed by atoms with E-state index in [-0.39, 0.29) is 11.0 Å². The summed E-state index contributed by atoms with van der Waals surface area (Å²) in [7, 11) is 0. The summed E-state index contributed by atoms with van der Waals surface area (Å²) in [4.78, 5) is 0. The zero-order chi connectivity index (χ0) is 19.2. The van der Waals surface area contributed by atoms with Crippen molar-refractivity contribution in [3.8, 4) is 0 Å². The van der Waals surface area contributed by atoms with Crippen LogP contribution in [0, 0.1) is 16.7 Å². The highest BCUT2D eigenvalue weighted by molar-refractivity contribution is 4.81. The van der Waals surface area contributed by atoms with E-state index in [2.05, 4.69) is 55.4 Å². The average Bonchev–Trinajstić information content (AvgIpc) is 2.31. The van der Waals surface area contributed by atoms with Crippen molar-refractivity contribution in [3.05, 3.63) is 0 Å². The van der Waals surface area contributed by atoms with Gasteiger partial charge >= 0.3 is 0 Å². The van der Waals surface area contributed by atoms with Gasteiger partial charge in [0.25, 0.3) is 0 Å². The van der Waals surface area contributed by atoms with E-state index in [1.54, 1.807) is 0 Å². The summed E-state index contributed by atoms with van der Waals surface area (Å²) in [6.45, 7) is 23.7. The summed E-state index contributed by atoms with van der Waals surface area (Å²) >= 11 is 0. The molecular weight excluding hydrogens is 300 g/mol. The monoisotopic (exact) mass is 344 g/mol. The second-order valence-corrected chi connectivity index (χ2v) is 10.5. The lowest BCUT2D eigenvalue weighted by Crippen LogP contribution is -2.32. The molecular formula is C21H44O3. The normalized spacial score (nSPS) is 14.5. The lowest BCUT2D eigenvalue weighted by atomic mass is 9.70. The molecule has 24 heavy (non-hydrogen) atoms. The Morgan fingerprint density at radius 2 is 1.38 bits per heavy atom. The van der Waals surface area contributed by atoms with E-state index in [0.29, 0.717) is 31.0 Å². The van der Waals surface area contributed by atoms with Crippen molar-refractivity contribution < 1.29 is 14.6 Å². The molecule has 0 atom stereocenters. The quantitative estimate of drug-likeness (QED) is 0.479. The van der Waals surface area contributed by atoms with Gasteiger partial charge in [-0.25, -0.2) is 0 Å². The van der Waals surface area contributed by atoms with E-state index in [9.17, 15) is 5.11 Å². The van der Waals surface area contributed by atoms with Gasteiger partial charge in [-0.05, 0) is 63.7 Å². The number of aliphatic hydroxyl groups is 1. The largest absolute Gasteiger partial charge is 0.390 e. The van der Waals surface area contributed by atoms with Crippen LogP contribution < -0.4 is 0 Å². The Bertz CT molecular complexity index is 349. The van der Waals surface area contributed by atoms with E-state index in [0.717, 1.165) is 19.4 Å². The minimum Gasteiger partial charge on any atom is -0.390 e. The van der Waals surface area contributed by atoms with Gasteiger partial charge in [-0.15, -0.1) is 0 Å². The maximum Gasteiger partial charge on any atom is 0.0648 e. The van der Waals surface area contributed by atoms with Crippen molar-refractivity contribution in [1.82, 2.24) is 0 Å². The van der Waals surface area contributed by atoms with Gasteiger partial charge in [0, 0.05) is 6.61 Å². The number of hydrogen-bond donors (Lipinski definition) is 1. The van der Waals surface area contributed by atoms with Gasteiger partial charge in [-0.3, -0.25) is 0 Å². The van der Waals surface area contributed by atoms with Crippen LogP contribution >= 0.6 is 0 Å². The molecule has 0 fully saturated rings. The van der Waals surface area contributed by atoms with Crippen molar-refractivity contribution >= 4 is 0 Å². The highest BCUT2D eigenvalue weighted by Gasteiger charge is 2.31. The summed E-state index contributed by atoms with van der Waals surface area (Å²) in [5.41, 5.74) is -0.377. The molecule has 0 aromatic carbocycles. The molecule has 0 aliphatic carbocycles. The van der Waals surface area contributed by atoms with Crippen molar-refractivity contribution in [2.24, 2.45) is 16.7 Å². The summed E-state index contributed by atoms with van der Waals surface area (Å²) in [6.07, 6.45) is 2.67. The smallest absolute Gasteiger partial charge is 0.0648 e. The Kier molecular flexibility index (Phi) is 8.96. The highest BCUT2D eigenvalue weighted by atomic mass is 16.5. The summed E-state index contributed by atoms with van der Waals surface area (Å²) in [5.74, 6) is 0.667. The fourth-order valence-electron chi connectivity index (χ4n) is 2.80. The van der Waals surface area contributed by atoms with Gasteiger partial charge in [-0.1, -0.05) is 41.5 Å². The first-order valence-corrected chi connectivity index (χ1v) is 9.50. The second kappa shape index (κ2) is 9.00. The Morgan fingerprint density at radius 3 is 1.83 bits per heavy atom. The molecule has 0 heterocycles. The minimum atomic E-state index is -0.667. The molecule has 0 aromatic rings. The first-order valence-electron chi connectivity index (χ1n) is 9.50. The Morgan fingerprint density at radius 1 is 0.833 bits per heavy atom. The predicted molar refractivity (Wildman–Crippen MR) is 103 cm³/mol. The maximum atomic E-state index is 9.75. The summed E-state index contributed by atoms with van der Waals surface area (Å²) < 4.78 is 11.9. The molecule has 0 amide bonds. The molecule has 3 heteroatoms. The molecule has 0 saturated carbocycles. The molecule has 0 bridgehead atoms. The summed E-state index contributed by atoms with van der Waals surface area (Å²) in [6, 6.07) is 0. The van der Waals surface area contributed by atoms with Crippen LogP contribution in [0.15, 0.2) is 0 Å². The van der Waals surface area contributed by atoms with Crippen LogP contribution in [0.5, 0.6) is 0 Å². The van der Waals surface area contributed by atoms with Gasteiger partial charge in [0.1, 0.15) is 0 Å². The van der Waals surface area contributed by atoms with Crippen LogP contribution in [0.1, 0.15) is 88.5 Å². The van der Waals surface area contributed by atoms with Crippen LogP contribution in [-0.4, -0.2) is 36.1 Å². The van der Waals surface area contributed by atoms with Gasteiger partial charge in [0.15, 0.2) is 0 Å². The van der Waals surface area contributed by atoms with Crippen LogP contribution in [0.25, 0.3) is 0 Å². The SMILES string of the molecule is CC(C)C(C)(C)CC(C)(C)COCCC(C)(C)OCCC(C)(C)O. The molecule has 1 N–H and O–H groups in total. The highest BCUT2D eigenvalue weighted by Crippen LogP contribution is 2.39. The third-order valence-electron chi connectivity index (χ3n) is 5.05. The van der Waals surface area contributed by atoms with Crippen molar-refractivity contribution in [2.45, 2.75) is 99.7 Å². The van der Waals surface area contributed by atoms with E-state index in [1.165, 1.54) is 0 Å². The number of hydrogen-bond acceptors (Lipinski definition) is 3. The van der Waals surface area contributed by atoms with E-state index in [1.807, 2.05) is 13.8 Å². The topological polar surface area (TPSA) is 38.7 Å². The molecule has 146 valence electrons. The first kappa shape index (κ1) is 23.9. The van der Waals surface area contributed by atoms with E-state index >= 15 is 0 Å². The molecule has 0 spiro atoms. The second-order valence-electron chi connectivity index (χ2n) is 10.5. The van der Waals surface area contributed by atoms with Gasteiger partial charge < -0.3 is 14.6 Å².